The molecule has 9 heteroatoms. The number of carbonyl (C=O) groups is 1. The fraction of sp³-hybridized carbons (Fsp3) is 0.130. The Morgan fingerprint density at radius 2 is 1.75 bits per heavy atom. The van der Waals surface area contributed by atoms with Gasteiger partial charge in [-0.05, 0) is 28.8 Å². The molecule has 0 radical (unpaired) electrons. The summed E-state index contributed by atoms with van der Waals surface area (Å²) in [6.45, 7) is 0. The molecule has 4 rings (SSSR count). The standard InChI is InChI=1S/C23H18N4O5/c1-25-11-10-24-23(25)22(28)20(17-7-6-15-4-2-3-5-16(15)12-17)13-18-8-9-19(26(29)30)14-21(18)27(31)32/h2-12,14,20H,13H2,1H3/t20-/m1/s1. The number of ketones is 1. The van der Waals surface area contributed by atoms with Gasteiger partial charge in [0, 0.05) is 31.1 Å². The first-order chi connectivity index (χ1) is 15.3. The van der Waals surface area contributed by atoms with Crippen LogP contribution in [0.2, 0.25) is 0 Å². The average Bonchev–Trinajstić information content (AvgIpc) is 3.22. The van der Waals surface area contributed by atoms with E-state index in [4.69, 9.17) is 0 Å². The lowest BCUT2D eigenvalue weighted by molar-refractivity contribution is -0.394. The SMILES string of the molecule is Cn1ccnc1C(=O)[C@H](Cc1ccc([N+](=O)[O-])cc1[N+](=O)[O-])c1ccc2ccccc2c1. The molecule has 0 aliphatic heterocycles. The highest BCUT2D eigenvalue weighted by atomic mass is 16.6. The van der Waals surface area contributed by atoms with Crippen molar-refractivity contribution in [2.24, 2.45) is 7.05 Å². The number of benzene rings is 3. The molecule has 4 aromatic rings. The fourth-order valence-corrected chi connectivity index (χ4v) is 3.77. The Kier molecular flexibility index (Phi) is 5.46. The van der Waals surface area contributed by atoms with E-state index in [0.717, 1.165) is 16.8 Å². The molecule has 9 nitrogen and oxygen atoms in total. The zero-order valence-corrected chi connectivity index (χ0v) is 17.0. The van der Waals surface area contributed by atoms with Gasteiger partial charge in [-0.25, -0.2) is 4.98 Å². The van der Waals surface area contributed by atoms with Gasteiger partial charge in [-0.2, -0.15) is 0 Å². The largest absolute Gasteiger partial charge is 0.332 e. The van der Waals surface area contributed by atoms with Gasteiger partial charge < -0.3 is 4.57 Å². The highest BCUT2D eigenvalue weighted by molar-refractivity contribution is 5.99. The van der Waals surface area contributed by atoms with Crippen LogP contribution < -0.4 is 0 Å². The number of aromatic nitrogens is 2. The van der Waals surface area contributed by atoms with Crippen LogP contribution in [0.15, 0.2) is 73.1 Å². The van der Waals surface area contributed by atoms with E-state index < -0.39 is 21.5 Å². The lowest BCUT2D eigenvalue weighted by atomic mass is 9.86. The van der Waals surface area contributed by atoms with Crippen LogP contribution in [-0.2, 0) is 13.5 Å². The van der Waals surface area contributed by atoms with Gasteiger partial charge in [-0.3, -0.25) is 25.0 Å². The van der Waals surface area contributed by atoms with E-state index in [2.05, 4.69) is 4.98 Å². The second kappa shape index (κ2) is 8.38. The first-order valence-corrected chi connectivity index (χ1v) is 9.77. The number of fused-ring (bicyclic) bond motifs is 1. The number of nitrogens with zero attached hydrogens (tertiary/aromatic N) is 4. The van der Waals surface area contributed by atoms with Gasteiger partial charge in [0.15, 0.2) is 5.82 Å². The molecule has 0 aliphatic rings. The predicted octanol–water partition coefficient (Wildman–Crippen LogP) is 4.60. The van der Waals surface area contributed by atoms with Crippen LogP contribution in [-0.4, -0.2) is 25.2 Å². The maximum absolute atomic E-state index is 13.5. The van der Waals surface area contributed by atoms with Crippen molar-refractivity contribution in [3.8, 4) is 0 Å². The predicted molar refractivity (Wildman–Crippen MR) is 118 cm³/mol. The molecule has 0 unspecified atom stereocenters. The minimum absolute atomic E-state index is 0.00165. The normalized spacial score (nSPS) is 11.9. The van der Waals surface area contributed by atoms with E-state index in [1.54, 1.807) is 17.8 Å². The molecule has 1 aromatic heterocycles. The summed E-state index contributed by atoms with van der Waals surface area (Å²) < 4.78 is 1.60. The van der Waals surface area contributed by atoms with Crippen molar-refractivity contribution in [2.45, 2.75) is 12.3 Å². The van der Waals surface area contributed by atoms with Crippen molar-refractivity contribution in [1.29, 1.82) is 0 Å². The first-order valence-electron chi connectivity index (χ1n) is 9.77. The number of carbonyl (C=O) groups excluding carboxylic acids is 1. The first kappa shape index (κ1) is 20.9. The van der Waals surface area contributed by atoms with Crippen molar-refractivity contribution in [3.63, 3.8) is 0 Å². The van der Waals surface area contributed by atoms with E-state index in [1.165, 1.54) is 18.3 Å². The number of Topliss-reactive ketones (excluding diaryl/α,β-unsaturated/α-hetero) is 1. The third-order valence-electron chi connectivity index (χ3n) is 5.43. The average molecular weight is 430 g/mol. The Balaban J connectivity index is 1.83. The number of hydrogen-bond acceptors (Lipinski definition) is 6. The molecule has 0 aliphatic carbocycles. The maximum Gasteiger partial charge on any atom is 0.279 e. The molecule has 3 aromatic carbocycles. The van der Waals surface area contributed by atoms with Gasteiger partial charge in [-0.1, -0.05) is 42.5 Å². The van der Waals surface area contributed by atoms with Gasteiger partial charge in [-0.15, -0.1) is 0 Å². The van der Waals surface area contributed by atoms with Gasteiger partial charge in [0.2, 0.25) is 5.78 Å². The smallest absolute Gasteiger partial charge is 0.279 e. The van der Waals surface area contributed by atoms with Crippen LogP contribution in [0.5, 0.6) is 0 Å². The number of nitro groups is 2. The molecule has 0 saturated heterocycles. The van der Waals surface area contributed by atoms with Crippen molar-refractivity contribution in [3.05, 3.63) is 110 Å². The molecule has 0 fully saturated rings. The highest BCUT2D eigenvalue weighted by Gasteiger charge is 2.29. The molecule has 32 heavy (non-hydrogen) atoms. The molecule has 0 amide bonds. The number of hydrogen-bond donors (Lipinski definition) is 0. The fourth-order valence-electron chi connectivity index (χ4n) is 3.77. The number of imidazole rings is 1. The van der Waals surface area contributed by atoms with Crippen LogP contribution in [0.3, 0.4) is 0 Å². The Morgan fingerprint density at radius 3 is 2.41 bits per heavy atom. The lowest BCUT2D eigenvalue weighted by Crippen LogP contribution is -2.20. The van der Waals surface area contributed by atoms with E-state index in [-0.39, 0.29) is 29.3 Å². The molecule has 160 valence electrons. The third-order valence-corrected chi connectivity index (χ3v) is 5.43. The van der Waals surface area contributed by atoms with Crippen molar-refractivity contribution in [1.82, 2.24) is 9.55 Å². The maximum atomic E-state index is 13.5. The molecule has 1 heterocycles. The summed E-state index contributed by atoms with van der Waals surface area (Å²) in [7, 11) is 1.70. The van der Waals surface area contributed by atoms with Crippen molar-refractivity contribution >= 4 is 27.9 Å². The molecule has 0 bridgehead atoms. The Hall–Kier alpha value is -4.40. The quantitative estimate of drug-likeness (QED) is 0.240. The van der Waals surface area contributed by atoms with Crippen molar-refractivity contribution in [2.75, 3.05) is 0 Å². The summed E-state index contributed by atoms with van der Waals surface area (Å²) in [5.41, 5.74) is 0.154. The molecular weight excluding hydrogens is 412 g/mol. The van der Waals surface area contributed by atoms with Gasteiger partial charge in [0.25, 0.3) is 11.4 Å². The van der Waals surface area contributed by atoms with E-state index in [1.807, 2.05) is 42.5 Å². The summed E-state index contributed by atoms with van der Waals surface area (Å²) in [6.07, 6.45) is 3.16. The molecule has 0 spiro atoms. The summed E-state index contributed by atoms with van der Waals surface area (Å²) in [4.78, 5) is 39.0. The molecule has 1 atom stereocenters. The zero-order valence-electron chi connectivity index (χ0n) is 17.0. The second-order valence-corrected chi connectivity index (χ2v) is 7.42. The zero-order chi connectivity index (χ0) is 22.8. The van der Waals surface area contributed by atoms with Crippen LogP contribution in [0.1, 0.15) is 27.7 Å². The Labute approximate surface area is 182 Å². The Morgan fingerprint density at radius 1 is 1.00 bits per heavy atom. The number of nitro benzene ring substituents is 2. The minimum atomic E-state index is -0.763. The highest BCUT2D eigenvalue weighted by Crippen LogP contribution is 2.32. The number of rotatable bonds is 7. The monoisotopic (exact) mass is 430 g/mol. The number of non-ortho nitro benzene ring substituents is 1. The van der Waals surface area contributed by atoms with E-state index >= 15 is 0 Å². The third kappa shape index (κ3) is 3.95. The second-order valence-electron chi connectivity index (χ2n) is 7.42. The van der Waals surface area contributed by atoms with Crippen LogP contribution >= 0.6 is 0 Å². The molecule has 0 saturated carbocycles. The summed E-state index contributed by atoms with van der Waals surface area (Å²) in [5, 5.41) is 24.6. The summed E-state index contributed by atoms with van der Waals surface area (Å²) in [6, 6.07) is 16.8. The van der Waals surface area contributed by atoms with Gasteiger partial charge in [0.1, 0.15) is 0 Å². The minimum Gasteiger partial charge on any atom is -0.332 e. The summed E-state index contributed by atoms with van der Waals surface area (Å²) in [5.74, 6) is -0.825. The van der Waals surface area contributed by atoms with Crippen molar-refractivity contribution < 1.29 is 14.6 Å². The number of aryl methyl sites for hydroxylation is 1. The lowest BCUT2D eigenvalue weighted by Gasteiger charge is -2.17. The summed E-state index contributed by atoms with van der Waals surface area (Å²) >= 11 is 0. The van der Waals surface area contributed by atoms with Crippen LogP contribution in [0.4, 0.5) is 11.4 Å². The van der Waals surface area contributed by atoms with Crippen LogP contribution in [0, 0.1) is 20.2 Å². The van der Waals surface area contributed by atoms with Gasteiger partial charge >= 0.3 is 0 Å². The van der Waals surface area contributed by atoms with Gasteiger partial charge in [0.05, 0.1) is 21.8 Å². The van der Waals surface area contributed by atoms with E-state index in [9.17, 15) is 25.0 Å². The Bertz CT molecular complexity index is 1360. The van der Waals surface area contributed by atoms with Crippen LogP contribution in [0.25, 0.3) is 10.8 Å². The topological polar surface area (TPSA) is 121 Å². The van der Waals surface area contributed by atoms with E-state index in [0.29, 0.717) is 5.56 Å². The molecular formula is C23H18N4O5. The molecule has 0 N–H and O–H groups in total.